The fourth-order valence-corrected chi connectivity index (χ4v) is 2.56. The van der Waals surface area contributed by atoms with E-state index in [0.29, 0.717) is 23.6 Å². The van der Waals surface area contributed by atoms with Gasteiger partial charge in [-0.15, -0.1) is 0 Å². The van der Waals surface area contributed by atoms with Gasteiger partial charge in [-0.1, -0.05) is 18.2 Å². The molecular weight excluding hydrogens is 360 g/mol. The number of nitrogens with one attached hydrogen (secondary N) is 3. The minimum absolute atomic E-state index is 0.348. The zero-order valence-electron chi connectivity index (χ0n) is 15.1. The summed E-state index contributed by atoms with van der Waals surface area (Å²) >= 11 is 5.39. The van der Waals surface area contributed by atoms with Crippen LogP contribution in [0, 0.1) is 13.8 Å². The molecule has 0 saturated carbocycles. The maximum atomic E-state index is 5.39. The van der Waals surface area contributed by atoms with E-state index in [1.54, 1.807) is 6.26 Å². The van der Waals surface area contributed by atoms with Gasteiger partial charge in [0.2, 0.25) is 11.9 Å². The third-order valence-electron chi connectivity index (χ3n) is 3.45. The van der Waals surface area contributed by atoms with Crippen molar-refractivity contribution in [1.82, 2.24) is 15.3 Å². The van der Waals surface area contributed by atoms with Gasteiger partial charge in [0.25, 0.3) is 0 Å². The molecule has 0 spiro atoms. The highest BCUT2D eigenvalue weighted by Gasteiger charge is 2.07. The number of para-hydroxylation sites is 1. The number of furan rings is 1. The predicted octanol–water partition coefficient (Wildman–Crippen LogP) is 3.64. The molecule has 2 heterocycles. The SMILES string of the molecule is Cc1cc(C)nc(NC(=NCc2ccco2)NC(=S)Nc2ccccc2)n1. The number of rotatable bonds is 4. The number of anilines is 2. The van der Waals surface area contributed by atoms with Gasteiger partial charge in [0.1, 0.15) is 12.3 Å². The number of hydrogen-bond acceptors (Lipinski definition) is 5. The Balaban J connectivity index is 1.74. The van der Waals surface area contributed by atoms with Crippen LogP contribution in [-0.4, -0.2) is 21.0 Å². The summed E-state index contributed by atoms with van der Waals surface area (Å²) in [5.74, 6) is 1.60. The lowest BCUT2D eigenvalue weighted by atomic mass is 10.3. The molecule has 0 atom stereocenters. The molecule has 0 aliphatic rings. The Bertz CT molecular complexity index is 904. The fourth-order valence-electron chi connectivity index (χ4n) is 2.35. The van der Waals surface area contributed by atoms with Gasteiger partial charge < -0.3 is 15.1 Å². The highest BCUT2D eigenvalue weighted by Crippen LogP contribution is 2.07. The molecule has 0 aliphatic heterocycles. The number of nitrogens with zero attached hydrogens (tertiary/aromatic N) is 3. The number of thiocarbonyl (C=S) groups is 1. The molecule has 0 saturated heterocycles. The number of benzene rings is 1. The van der Waals surface area contributed by atoms with Crippen LogP contribution in [0.4, 0.5) is 11.6 Å². The van der Waals surface area contributed by atoms with Gasteiger partial charge in [-0.25, -0.2) is 15.0 Å². The standard InChI is InChI=1S/C19H20N6OS/c1-13-11-14(2)22-18(21-13)24-17(20-12-16-9-6-10-26-16)25-19(27)23-15-7-4-3-5-8-15/h3-11H,12H2,1-2H3,(H3,20,21,22,23,24,25,27). The van der Waals surface area contributed by atoms with Crippen molar-refractivity contribution in [3.05, 3.63) is 71.9 Å². The fraction of sp³-hybridized carbons (Fsp3) is 0.158. The molecule has 0 aliphatic carbocycles. The summed E-state index contributed by atoms with van der Waals surface area (Å²) in [5, 5.41) is 9.65. The van der Waals surface area contributed by atoms with E-state index in [0.717, 1.165) is 22.8 Å². The quantitative estimate of drug-likeness (QED) is 0.362. The molecule has 0 amide bonds. The summed E-state index contributed by atoms with van der Waals surface area (Å²) in [6, 6.07) is 15.2. The smallest absolute Gasteiger partial charge is 0.229 e. The van der Waals surface area contributed by atoms with Gasteiger partial charge in [0, 0.05) is 17.1 Å². The Morgan fingerprint density at radius 3 is 2.44 bits per heavy atom. The maximum Gasteiger partial charge on any atom is 0.229 e. The molecule has 0 fully saturated rings. The predicted molar refractivity (Wildman–Crippen MR) is 111 cm³/mol. The molecule has 3 N–H and O–H groups in total. The number of aryl methyl sites for hydroxylation is 2. The van der Waals surface area contributed by atoms with Gasteiger partial charge >= 0.3 is 0 Å². The van der Waals surface area contributed by atoms with Gasteiger partial charge in [-0.2, -0.15) is 0 Å². The lowest BCUT2D eigenvalue weighted by Gasteiger charge is -2.14. The van der Waals surface area contributed by atoms with Gasteiger partial charge in [0.15, 0.2) is 5.11 Å². The van der Waals surface area contributed by atoms with Crippen LogP contribution in [0.5, 0.6) is 0 Å². The second-order valence-corrected chi connectivity index (χ2v) is 6.20. The molecule has 8 heteroatoms. The first kappa shape index (κ1) is 18.5. The number of hydrogen-bond donors (Lipinski definition) is 3. The van der Waals surface area contributed by atoms with E-state index in [9.17, 15) is 0 Å². The van der Waals surface area contributed by atoms with Crippen LogP contribution in [0.3, 0.4) is 0 Å². The maximum absolute atomic E-state index is 5.39. The van der Waals surface area contributed by atoms with Crippen LogP contribution < -0.4 is 16.0 Å². The Hall–Kier alpha value is -3.26. The van der Waals surface area contributed by atoms with E-state index in [1.165, 1.54) is 0 Å². The van der Waals surface area contributed by atoms with Crippen LogP contribution in [-0.2, 0) is 6.54 Å². The van der Waals surface area contributed by atoms with Crippen LogP contribution in [0.25, 0.3) is 0 Å². The average molecular weight is 380 g/mol. The third-order valence-corrected chi connectivity index (χ3v) is 3.65. The molecule has 2 aromatic heterocycles. The lowest BCUT2D eigenvalue weighted by molar-refractivity contribution is 0.512. The van der Waals surface area contributed by atoms with Crippen molar-refractivity contribution in [1.29, 1.82) is 0 Å². The summed E-state index contributed by atoms with van der Waals surface area (Å²) in [4.78, 5) is 13.3. The van der Waals surface area contributed by atoms with Gasteiger partial charge in [0.05, 0.1) is 6.26 Å². The van der Waals surface area contributed by atoms with E-state index in [-0.39, 0.29) is 0 Å². The van der Waals surface area contributed by atoms with Crippen molar-refractivity contribution in [2.45, 2.75) is 20.4 Å². The molecule has 3 aromatic rings. The second-order valence-electron chi connectivity index (χ2n) is 5.79. The molecule has 27 heavy (non-hydrogen) atoms. The summed E-state index contributed by atoms with van der Waals surface area (Å²) in [5.41, 5.74) is 2.60. The molecule has 7 nitrogen and oxygen atoms in total. The van der Waals surface area contributed by atoms with E-state index in [1.807, 2.05) is 62.4 Å². The summed E-state index contributed by atoms with van der Waals surface area (Å²) in [6.45, 7) is 4.17. The van der Waals surface area contributed by atoms with Crippen LogP contribution in [0.1, 0.15) is 17.1 Å². The molecular formula is C19H20N6OS. The first-order valence-electron chi connectivity index (χ1n) is 8.38. The molecule has 138 valence electrons. The van der Waals surface area contributed by atoms with Crippen LogP contribution >= 0.6 is 12.2 Å². The first-order chi connectivity index (χ1) is 13.1. The molecule has 0 radical (unpaired) electrons. The van der Waals surface area contributed by atoms with E-state index < -0.39 is 0 Å². The molecule has 0 unspecified atom stereocenters. The third kappa shape index (κ3) is 5.89. The zero-order chi connectivity index (χ0) is 19.1. The van der Waals surface area contributed by atoms with Crippen molar-refractivity contribution in [3.63, 3.8) is 0 Å². The lowest BCUT2D eigenvalue weighted by Crippen LogP contribution is -2.39. The Kier molecular flexibility index (Phi) is 6.11. The normalized spacial score (nSPS) is 11.1. The summed E-state index contributed by atoms with van der Waals surface area (Å²) in [7, 11) is 0. The highest BCUT2D eigenvalue weighted by molar-refractivity contribution is 7.80. The van der Waals surface area contributed by atoms with Crippen LogP contribution in [0.15, 0.2) is 64.2 Å². The number of guanidine groups is 1. The van der Waals surface area contributed by atoms with E-state index in [4.69, 9.17) is 16.6 Å². The van der Waals surface area contributed by atoms with E-state index in [2.05, 4.69) is 30.9 Å². The highest BCUT2D eigenvalue weighted by atomic mass is 32.1. The Morgan fingerprint density at radius 2 is 1.78 bits per heavy atom. The van der Waals surface area contributed by atoms with Crippen molar-refractivity contribution < 1.29 is 4.42 Å². The van der Waals surface area contributed by atoms with Crippen molar-refractivity contribution in [2.75, 3.05) is 10.6 Å². The first-order valence-corrected chi connectivity index (χ1v) is 8.78. The minimum atomic E-state index is 0.348. The Morgan fingerprint density at radius 1 is 1.04 bits per heavy atom. The largest absolute Gasteiger partial charge is 0.467 e. The van der Waals surface area contributed by atoms with Crippen LogP contribution in [0.2, 0.25) is 0 Å². The molecule has 3 rings (SSSR count). The Labute approximate surface area is 163 Å². The monoisotopic (exact) mass is 380 g/mol. The second kappa shape index (κ2) is 8.91. The number of aromatic nitrogens is 2. The summed E-state index contributed by atoms with van der Waals surface area (Å²) < 4.78 is 5.33. The summed E-state index contributed by atoms with van der Waals surface area (Å²) in [6.07, 6.45) is 1.61. The average Bonchev–Trinajstić information content (AvgIpc) is 3.13. The molecule has 0 bridgehead atoms. The van der Waals surface area contributed by atoms with E-state index >= 15 is 0 Å². The van der Waals surface area contributed by atoms with Gasteiger partial charge in [-0.3, -0.25) is 5.32 Å². The number of aliphatic imine (C=N–C) groups is 1. The topological polar surface area (TPSA) is 87.4 Å². The zero-order valence-corrected chi connectivity index (χ0v) is 15.9. The van der Waals surface area contributed by atoms with Crippen molar-refractivity contribution in [3.8, 4) is 0 Å². The minimum Gasteiger partial charge on any atom is -0.467 e. The van der Waals surface area contributed by atoms with Gasteiger partial charge in [-0.05, 0) is 56.4 Å². The van der Waals surface area contributed by atoms with Crippen molar-refractivity contribution >= 4 is 34.9 Å². The molecule has 1 aromatic carbocycles. The van der Waals surface area contributed by atoms with Crippen molar-refractivity contribution in [2.24, 2.45) is 4.99 Å².